The maximum atomic E-state index is 14.3. The van der Waals surface area contributed by atoms with Gasteiger partial charge in [-0.05, 0) is 85.5 Å². The Kier molecular flexibility index (Phi) is 8.40. The molecule has 4 rings (SSSR count). The molecule has 8 nitrogen and oxygen atoms in total. The second-order valence-corrected chi connectivity index (χ2v) is 11.4. The molecule has 210 valence electrons. The van der Waals surface area contributed by atoms with Crippen LogP contribution in [0.4, 0.5) is 17.6 Å². The van der Waals surface area contributed by atoms with Crippen LogP contribution >= 0.6 is 0 Å². The van der Waals surface area contributed by atoms with Gasteiger partial charge >= 0.3 is 6.18 Å². The third kappa shape index (κ3) is 7.41. The monoisotopic (exact) mass is 567 g/mol. The SMILES string of the molecule is Cc1cnn(Cc2cc(C(F)(F)F)ccc2CCC(=O)N2CCC(Cc3cc(S(N)(=O)=O)ccc3F)CC2)n1. The van der Waals surface area contributed by atoms with Gasteiger partial charge in [0.15, 0.2) is 0 Å². The molecule has 0 bridgehead atoms. The summed E-state index contributed by atoms with van der Waals surface area (Å²) in [6, 6.07) is 6.97. The Morgan fingerprint density at radius 3 is 2.41 bits per heavy atom. The van der Waals surface area contributed by atoms with Crippen LogP contribution in [0, 0.1) is 18.7 Å². The number of sulfonamides is 1. The van der Waals surface area contributed by atoms with E-state index in [0.29, 0.717) is 49.2 Å². The summed E-state index contributed by atoms with van der Waals surface area (Å²) in [7, 11) is -3.95. The minimum absolute atomic E-state index is 0.0515. The zero-order valence-corrected chi connectivity index (χ0v) is 22.1. The lowest BCUT2D eigenvalue weighted by Gasteiger charge is -2.32. The fraction of sp³-hybridized carbons (Fsp3) is 0.423. The van der Waals surface area contributed by atoms with E-state index in [0.717, 1.165) is 24.3 Å². The van der Waals surface area contributed by atoms with Gasteiger partial charge in [0.2, 0.25) is 15.9 Å². The zero-order valence-electron chi connectivity index (χ0n) is 21.3. The first-order valence-electron chi connectivity index (χ1n) is 12.4. The summed E-state index contributed by atoms with van der Waals surface area (Å²) in [4.78, 5) is 15.8. The molecule has 0 aliphatic carbocycles. The highest BCUT2D eigenvalue weighted by molar-refractivity contribution is 7.89. The van der Waals surface area contributed by atoms with Crippen LogP contribution in [0.5, 0.6) is 0 Å². The highest BCUT2D eigenvalue weighted by atomic mass is 32.2. The molecule has 1 saturated heterocycles. The number of benzene rings is 2. The molecule has 0 atom stereocenters. The molecule has 0 radical (unpaired) electrons. The van der Waals surface area contributed by atoms with Gasteiger partial charge in [0.1, 0.15) is 5.82 Å². The van der Waals surface area contributed by atoms with Crippen LogP contribution in [0.1, 0.15) is 47.2 Å². The molecule has 13 heteroatoms. The summed E-state index contributed by atoms with van der Waals surface area (Å²) < 4.78 is 77.4. The van der Waals surface area contributed by atoms with Gasteiger partial charge in [-0.3, -0.25) is 4.79 Å². The summed E-state index contributed by atoms with van der Waals surface area (Å²) in [5, 5.41) is 13.4. The van der Waals surface area contributed by atoms with Gasteiger partial charge in [-0.1, -0.05) is 6.07 Å². The Morgan fingerprint density at radius 2 is 1.79 bits per heavy atom. The Bertz CT molecular complexity index is 1450. The normalized spacial score (nSPS) is 15.1. The first-order chi connectivity index (χ1) is 18.3. The zero-order chi connectivity index (χ0) is 28.4. The summed E-state index contributed by atoms with van der Waals surface area (Å²) in [5.41, 5.74) is 1.15. The van der Waals surface area contributed by atoms with Crippen molar-refractivity contribution in [1.82, 2.24) is 19.9 Å². The Hall–Kier alpha value is -3.32. The summed E-state index contributed by atoms with van der Waals surface area (Å²) in [6.45, 7) is 2.69. The van der Waals surface area contributed by atoms with Crippen LogP contribution in [-0.2, 0) is 40.4 Å². The van der Waals surface area contributed by atoms with E-state index in [9.17, 15) is 30.8 Å². The average Bonchev–Trinajstić information content (AvgIpc) is 3.28. The van der Waals surface area contributed by atoms with E-state index >= 15 is 0 Å². The van der Waals surface area contributed by atoms with E-state index in [1.165, 1.54) is 23.1 Å². The molecule has 2 heterocycles. The highest BCUT2D eigenvalue weighted by Gasteiger charge is 2.31. The first-order valence-corrected chi connectivity index (χ1v) is 14.0. The molecule has 0 spiro atoms. The summed E-state index contributed by atoms with van der Waals surface area (Å²) in [6.07, 6.45) is -1.04. The molecular formula is C26H29F4N5O3S. The lowest BCUT2D eigenvalue weighted by Crippen LogP contribution is -2.39. The number of amides is 1. The predicted octanol–water partition coefficient (Wildman–Crippen LogP) is 3.85. The number of hydrogen-bond acceptors (Lipinski definition) is 5. The number of likely N-dealkylation sites (tertiary alicyclic amines) is 1. The molecule has 1 aromatic heterocycles. The Morgan fingerprint density at radius 1 is 1.08 bits per heavy atom. The van der Waals surface area contributed by atoms with Gasteiger partial charge in [0, 0.05) is 19.5 Å². The number of nitrogens with zero attached hydrogens (tertiary/aromatic N) is 4. The lowest BCUT2D eigenvalue weighted by atomic mass is 9.89. The maximum Gasteiger partial charge on any atom is 0.416 e. The molecule has 39 heavy (non-hydrogen) atoms. The van der Waals surface area contributed by atoms with Gasteiger partial charge in [-0.2, -0.15) is 28.2 Å². The fourth-order valence-corrected chi connectivity index (χ4v) is 5.35. The van der Waals surface area contributed by atoms with E-state index in [4.69, 9.17) is 5.14 Å². The second kappa shape index (κ2) is 11.4. The summed E-state index contributed by atoms with van der Waals surface area (Å²) >= 11 is 0. The van der Waals surface area contributed by atoms with Crippen molar-refractivity contribution in [3.05, 3.63) is 76.4 Å². The first kappa shape index (κ1) is 28.7. The van der Waals surface area contributed by atoms with Crippen molar-refractivity contribution in [1.29, 1.82) is 0 Å². The number of aryl methyl sites for hydroxylation is 2. The molecular weight excluding hydrogens is 538 g/mol. The van der Waals surface area contributed by atoms with Crippen LogP contribution in [0.3, 0.4) is 0 Å². The van der Waals surface area contributed by atoms with Crippen molar-refractivity contribution in [2.24, 2.45) is 11.1 Å². The molecule has 0 unspecified atom stereocenters. The smallest absolute Gasteiger partial charge is 0.343 e. The van der Waals surface area contributed by atoms with Gasteiger partial charge in [0.05, 0.1) is 28.9 Å². The van der Waals surface area contributed by atoms with E-state index in [-0.39, 0.29) is 41.7 Å². The van der Waals surface area contributed by atoms with Gasteiger partial charge in [-0.15, -0.1) is 0 Å². The van der Waals surface area contributed by atoms with Crippen LogP contribution in [0.2, 0.25) is 0 Å². The standard InChI is InChI=1S/C26H29F4N5O3S/c1-17-15-32-35(33-17)16-21-13-22(26(28,29)30)4-2-19(21)3-7-25(36)34-10-8-18(9-11-34)12-20-14-23(39(31,37)38)5-6-24(20)27/h2,4-6,13-15,18H,3,7-12,16H2,1H3,(H2,31,37,38). The molecule has 0 saturated carbocycles. The van der Waals surface area contributed by atoms with Crippen LogP contribution in [0.15, 0.2) is 47.5 Å². The topological polar surface area (TPSA) is 111 Å². The average molecular weight is 568 g/mol. The number of hydrogen-bond donors (Lipinski definition) is 1. The third-order valence-electron chi connectivity index (χ3n) is 6.93. The Balaban J connectivity index is 1.36. The summed E-state index contributed by atoms with van der Waals surface area (Å²) in [5.74, 6) is -0.561. The molecule has 2 N–H and O–H groups in total. The number of carbonyl (C=O) groups is 1. The molecule has 1 amide bonds. The van der Waals surface area contributed by atoms with Crippen molar-refractivity contribution in [2.75, 3.05) is 13.1 Å². The van der Waals surface area contributed by atoms with Crippen LogP contribution in [0.25, 0.3) is 0 Å². The predicted molar refractivity (Wildman–Crippen MR) is 134 cm³/mol. The van der Waals surface area contributed by atoms with Crippen molar-refractivity contribution in [3.8, 4) is 0 Å². The number of carbonyl (C=O) groups excluding carboxylic acids is 1. The molecule has 3 aromatic rings. The van der Waals surface area contributed by atoms with E-state index in [1.54, 1.807) is 11.8 Å². The van der Waals surface area contributed by atoms with Crippen molar-refractivity contribution >= 4 is 15.9 Å². The number of piperidine rings is 1. The van der Waals surface area contributed by atoms with Crippen LogP contribution in [-0.4, -0.2) is 47.3 Å². The van der Waals surface area contributed by atoms with E-state index < -0.39 is 27.6 Å². The van der Waals surface area contributed by atoms with Crippen LogP contribution < -0.4 is 5.14 Å². The maximum absolute atomic E-state index is 14.3. The van der Waals surface area contributed by atoms with E-state index in [1.807, 2.05) is 0 Å². The minimum Gasteiger partial charge on any atom is -0.343 e. The number of nitrogens with two attached hydrogens (primary N) is 1. The molecule has 1 aliphatic heterocycles. The number of primary sulfonamides is 1. The largest absolute Gasteiger partial charge is 0.416 e. The quantitative estimate of drug-likeness (QED) is 0.416. The molecule has 2 aromatic carbocycles. The molecule has 1 fully saturated rings. The molecule has 1 aliphatic rings. The minimum atomic E-state index is -4.50. The fourth-order valence-electron chi connectivity index (χ4n) is 4.79. The van der Waals surface area contributed by atoms with Gasteiger partial charge in [-0.25, -0.2) is 17.9 Å². The number of aromatic nitrogens is 3. The van der Waals surface area contributed by atoms with Gasteiger partial charge < -0.3 is 4.90 Å². The van der Waals surface area contributed by atoms with Crippen molar-refractivity contribution in [3.63, 3.8) is 0 Å². The third-order valence-corrected chi connectivity index (χ3v) is 7.84. The number of alkyl halides is 3. The van der Waals surface area contributed by atoms with Gasteiger partial charge in [0.25, 0.3) is 0 Å². The Labute approximate surface area is 223 Å². The highest BCUT2D eigenvalue weighted by Crippen LogP contribution is 2.31. The number of halogens is 4. The van der Waals surface area contributed by atoms with Crippen molar-refractivity contribution in [2.45, 2.75) is 56.6 Å². The lowest BCUT2D eigenvalue weighted by molar-refractivity contribution is -0.137. The van der Waals surface area contributed by atoms with Crippen molar-refractivity contribution < 1.29 is 30.8 Å². The number of rotatable bonds is 8. The second-order valence-electron chi connectivity index (χ2n) is 9.82. The van der Waals surface area contributed by atoms with E-state index in [2.05, 4.69) is 10.2 Å².